The molecule has 1 heterocycles. The fourth-order valence-corrected chi connectivity index (χ4v) is 2.61. The number of aryl methyl sites for hydroxylation is 1. The molecular formula is C18H18O4. The molecule has 2 rings (SSSR count). The van der Waals surface area contributed by atoms with Gasteiger partial charge in [0, 0.05) is 11.1 Å². The first-order valence-electron chi connectivity index (χ1n) is 6.95. The van der Waals surface area contributed by atoms with Crippen LogP contribution in [0.25, 0.3) is 16.9 Å². The van der Waals surface area contributed by atoms with Crippen molar-refractivity contribution in [2.45, 2.75) is 27.7 Å². The Kier molecular flexibility index (Phi) is 4.31. The summed E-state index contributed by atoms with van der Waals surface area (Å²) in [7, 11) is 0. The highest BCUT2D eigenvalue weighted by molar-refractivity contribution is 6.24. The first-order chi connectivity index (χ1) is 10.3. The number of carbonyl (C=O) groups is 2. The van der Waals surface area contributed by atoms with Crippen molar-refractivity contribution in [1.82, 2.24) is 0 Å². The van der Waals surface area contributed by atoms with Gasteiger partial charge in [-0.3, -0.25) is 9.59 Å². The molecule has 0 aliphatic heterocycles. The predicted molar refractivity (Wildman–Crippen MR) is 84.8 cm³/mol. The molecule has 0 bridgehead atoms. The molecule has 4 nitrogen and oxygen atoms in total. The number of carbonyl (C=O) groups excluding carboxylic acids is 2. The highest BCUT2D eigenvalue weighted by atomic mass is 16.3. The third-order valence-corrected chi connectivity index (χ3v) is 3.44. The molecule has 1 N–H and O–H groups in total. The molecule has 0 aliphatic rings. The molecule has 0 saturated carbocycles. The molecule has 2 aromatic rings. The molecule has 0 spiro atoms. The Morgan fingerprint density at radius 3 is 2.05 bits per heavy atom. The van der Waals surface area contributed by atoms with E-state index in [0.717, 1.165) is 5.56 Å². The molecule has 4 heteroatoms. The van der Waals surface area contributed by atoms with Gasteiger partial charge in [0.2, 0.25) is 0 Å². The maximum Gasteiger partial charge on any atom is 0.163 e. The zero-order valence-electron chi connectivity index (χ0n) is 13.1. The van der Waals surface area contributed by atoms with Crippen LogP contribution in [0.5, 0.6) is 0 Å². The molecule has 114 valence electrons. The van der Waals surface area contributed by atoms with Crippen molar-refractivity contribution >= 4 is 17.1 Å². The third kappa shape index (κ3) is 2.72. The smallest absolute Gasteiger partial charge is 0.163 e. The number of ketones is 2. The second-order valence-electron chi connectivity index (χ2n) is 5.18. The summed E-state index contributed by atoms with van der Waals surface area (Å²) in [5.41, 5.74) is 1.55. The van der Waals surface area contributed by atoms with Gasteiger partial charge >= 0.3 is 0 Å². The Labute approximate surface area is 129 Å². The largest absolute Gasteiger partial charge is 0.512 e. The van der Waals surface area contributed by atoms with E-state index >= 15 is 0 Å². The monoisotopic (exact) mass is 298 g/mol. The Hall–Kier alpha value is -2.62. The van der Waals surface area contributed by atoms with E-state index in [2.05, 4.69) is 0 Å². The summed E-state index contributed by atoms with van der Waals surface area (Å²) in [6.07, 6.45) is 0. The summed E-state index contributed by atoms with van der Waals surface area (Å²) in [5, 5.41) is 9.93. The van der Waals surface area contributed by atoms with E-state index < -0.39 is 0 Å². The van der Waals surface area contributed by atoms with Crippen molar-refractivity contribution in [3.8, 4) is 11.3 Å². The minimum Gasteiger partial charge on any atom is -0.512 e. The molecule has 0 unspecified atom stereocenters. The third-order valence-electron chi connectivity index (χ3n) is 3.44. The minimum absolute atomic E-state index is 0.112. The molecule has 0 amide bonds. The second kappa shape index (κ2) is 6.02. The minimum atomic E-state index is -0.319. The van der Waals surface area contributed by atoms with Crippen molar-refractivity contribution in [2.24, 2.45) is 0 Å². The zero-order valence-corrected chi connectivity index (χ0v) is 13.1. The molecule has 0 atom stereocenters. The lowest BCUT2D eigenvalue weighted by Gasteiger charge is -2.08. The van der Waals surface area contributed by atoms with E-state index in [9.17, 15) is 14.7 Å². The quantitative estimate of drug-likeness (QED) is 0.518. The van der Waals surface area contributed by atoms with E-state index in [1.54, 1.807) is 6.92 Å². The summed E-state index contributed by atoms with van der Waals surface area (Å²) < 4.78 is 5.76. The normalized spacial score (nSPS) is 12.0. The summed E-state index contributed by atoms with van der Waals surface area (Å²) in [4.78, 5) is 24.0. The maximum absolute atomic E-state index is 12.0. The number of rotatable bonds is 4. The number of allylic oxidation sites excluding steroid dienone is 2. The molecule has 0 saturated heterocycles. The molecule has 0 fully saturated rings. The SMILES string of the molecule is CC(=O)/C(=C(\C)O)c1c(-c2ccccc2)oc(C)c1C(C)=O. The van der Waals surface area contributed by atoms with Crippen molar-refractivity contribution in [2.75, 3.05) is 0 Å². The van der Waals surface area contributed by atoms with E-state index in [0.29, 0.717) is 22.6 Å². The Morgan fingerprint density at radius 2 is 1.59 bits per heavy atom. The number of aliphatic hydroxyl groups excluding tert-OH is 1. The van der Waals surface area contributed by atoms with E-state index in [-0.39, 0.29) is 22.9 Å². The average molecular weight is 298 g/mol. The molecule has 22 heavy (non-hydrogen) atoms. The summed E-state index contributed by atoms with van der Waals surface area (Å²) in [6, 6.07) is 9.21. The van der Waals surface area contributed by atoms with Gasteiger partial charge in [0.15, 0.2) is 11.6 Å². The van der Waals surface area contributed by atoms with Gasteiger partial charge in [0.1, 0.15) is 17.3 Å². The van der Waals surface area contributed by atoms with Crippen LogP contribution in [0, 0.1) is 6.92 Å². The van der Waals surface area contributed by atoms with Gasteiger partial charge in [-0.1, -0.05) is 30.3 Å². The first kappa shape index (κ1) is 15.8. The van der Waals surface area contributed by atoms with E-state index in [1.807, 2.05) is 30.3 Å². The van der Waals surface area contributed by atoms with Crippen LogP contribution >= 0.6 is 0 Å². The standard InChI is InChI=1S/C18H18O4/c1-10(19)15(11(2)20)17-16(12(3)21)13(4)22-18(17)14-8-6-5-7-9-14/h5-9,19H,1-4H3/b15-10-. The number of furan rings is 1. The lowest BCUT2D eigenvalue weighted by Crippen LogP contribution is -2.05. The van der Waals surface area contributed by atoms with Crippen molar-refractivity contribution in [1.29, 1.82) is 0 Å². The molecular weight excluding hydrogens is 280 g/mol. The highest BCUT2D eigenvalue weighted by Gasteiger charge is 2.28. The molecule has 0 radical (unpaired) electrons. The van der Waals surface area contributed by atoms with Crippen LogP contribution in [0.1, 0.15) is 42.5 Å². The van der Waals surface area contributed by atoms with Crippen LogP contribution in [0.15, 0.2) is 40.5 Å². The molecule has 1 aromatic carbocycles. The number of aliphatic hydroxyl groups is 1. The van der Waals surface area contributed by atoms with Gasteiger partial charge in [-0.2, -0.15) is 0 Å². The summed E-state index contributed by atoms with van der Waals surface area (Å²) >= 11 is 0. The number of hydrogen-bond acceptors (Lipinski definition) is 4. The lowest BCUT2D eigenvalue weighted by molar-refractivity contribution is -0.111. The molecule has 0 aliphatic carbocycles. The van der Waals surface area contributed by atoms with E-state index in [4.69, 9.17) is 4.42 Å². The van der Waals surface area contributed by atoms with Crippen molar-refractivity contribution in [3.63, 3.8) is 0 Å². The van der Waals surface area contributed by atoms with Crippen LogP contribution in [-0.4, -0.2) is 16.7 Å². The number of Topliss-reactive ketones (excluding diaryl/α,β-unsaturated/α-hetero) is 2. The van der Waals surface area contributed by atoms with Crippen molar-refractivity contribution < 1.29 is 19.1 Å². The first-order valence-corrected chi connectivity index (χ1v) is 6.95. The van der Waals surface area contributed by atoms with Gasteiger partial charge in [0.05, 0.1) is 11.1 Å². The number of benzene rings is 1. The number of hydrogen-bond donors (Lipinski definition) is 1. The lowest BCUT2D eigenvalue weighted by atomic mass is 9.92. The second-order valence-corrected chi connectivity index (χ2v) is 5.18. The van der Waals surface area contributed by atoms with Gasteiger partial charge < -0.3 is 9.52 Å². The van der Waals surface area contributed by atoms with Gasteiger partial charge in [0.25, 0.3) is 0 Å². The van der Waals surface area contributed by atoms with Gasteiger partial charge in [-0.05, 0) is 27.7 Å². The van der Waals surface area contributed by atoms with Gasteiger partial charge in [-0.15, -0.1) is 0 Å². The van der Waals surface area contributed by atoms with Crippen LogP contribution in [-0.2, 0) is 4.79 Å². The van der Waals surface area contributed by atoms with E-state index in [1.165, 1.54) is 20.8 Å². The van der Waals surface area contributed by atoms with Crippen LogP contribution in [0.2, 0.25) is 0 Å². The van der Waals surface area contributed by atoms with Gasteiger partial charge in [-0.25, -0.2) is 0 Å². The predicted octanol–water partition coefficient (Wildman–Crippen LogP) is 4.34. The van der Waals surface area contributed by atoms with Crippen LogP contribution in [0.4, 0.5) is 0 Å². The fraction of sp³-hybridized carbons (Fsp3) is 0.222. The molecule has 1 aromatic heterocycles. The highest BCUT2D eigenvalue weighted by Crippen LogP contribution is 2.37. The van der Waals surface area contributed by atoms with Crippen LogP contribution < -0.4 is 0 Å². The summed E-state index contributed by atoms with van der Waals surface area (Å²) in [5.74, 6) is 0.190. The summed E-state index contributed by atoms with van der Waals surface area (Å²) in [6.45, 7) is 5.88. The topological polar surface area (TPSA) is 67.5 Å². The Morgan fingerprint density at radius 1 is 1.00 bits per heavy atom. The Balaban J connectivity index is 2.88. The van der Waals surface area contributed by atoms with Crippen LogP contribution in [0.3, 0.4) is 0 Å². The fourth-order valence-electron chi connectivity index (χ4n) is 2.61. The zero-order chi connectivity index (χ0) is 16.4. The van der Waals surface area contributed by atoms with Crippen molar-refractivity contribution in [3.05, 3.63) is 53.0 Å². The average Bonchev–Trinajstić information content (AvgIpc) is 2.76. The Bertz CT molecular complexity index is 760. The maximum atomic E-state index is 12.0.